The van der Waals surface area contributed by atoms with Crippen molar-refractivity contribution in [3.63, 3.8) is 0 Å². The van der Waals surface area contributed by atoms with Crippen LogP contribution in [0.1, 0.15) is 26.5 Å². The average Bonchev–Trinajstić information content (AvgIpc) is 3.39. The molecule has 1 amide bonds. The maximum absolute atomic E-state index is 12.8. The molecule has 5 rings (SSSR count). The van der Waals surface area contributed by atoms with Crippen molar-refractivity contribution in [3.8, 4) is 11.1 Å². The molecule has 7 heteroatoms. The second-order valence-corrected chi connectivity index (χ2v) is 8.49. The van der Waals surface area contributed by atoms with Gasteiger partial charge in [0.2, 0.25) is 0 Å². The van der Waals surface area contributed by atoms with Crippen LogP contribution in [0.4, 0.5) is 5.69 Å². The summed E-state index contributed by atoms with van der Waals surface area (Å²) in [5.41, 5.74) is 12.6. The summed E-state index contributed by atoms with van der Waals surface area (Å²) in [7, 11) is 0. The molecule has 0 aliphatic carbocycles. The molecule has 0 radical (unpaired) electrons. The number of nitrogens with zero attached hydrogens (tertiary/aromatic N) is 2. The van der Waals surface area contributed by atoms with Gasteiger partial charge in [-0.3, -0.25) is 4.79 Å². The standard InChI is InChI=1S/C24H20N4O2S/c1-13-14(2)27-28-24-20(13)21(25)22(31-24)23(29)26-12-15-3-5-16(6-4-15)17-7-8-19-18(11-17)9-10-30-19/h3-11H,12,25H2,1-2H3,(H,26,29). The fraction of sp³-hybridized carbons (Fsp3) is 0.125. The highest BCUT2D eigenvalue weighted by atomic mass is 32.1. The van der Waals surface area contributed by atoms with E-state index in [9.17, 15) is 4.79 Å². The molecule has 0 saturated heterocycles. The number of nitrogens with two attached hydrogens (primary N) is 1. The van der Waals surface area contributed by atoms with E-state index in [4.69, 9.17) is 10.2 Å². The fourth-order valence-corrected chi connectivity index (χ4v) is 4.65. The first-order chi connectivity index (χ1) is 15.0. The van der Waals surface area contributed by atoms with Crippen LogP contribution in [0.5, 0.6) is 0 Å². The maximum Gasteiger partial charge on any atom is 0.263 e. The first-order valence-corrected chi connectivity index (χ1v) is 10.7. The van der Waals surface area contributed by atoms with Gasteiger partial charge in [0.15, 0.2) is 0 Å². The lowest BCUT2D eigenvalue weighted by Gasteiger charge is -2.07. The van der Waals surface area contributed by atoms with Crippen LogP contribution in [-0.4, -0.2) is 16.1 Å². The molecule has 0 spiro atoms. The van der Waals surface area contributed by atoms with Crippen LogP contribution in [0.3, 0.4) is 0 Å². The van der Waals surface area contributed by atoms with Crippen LogP contribution in [0, 0.1) is 13.8 Å². The van der Waals surface area contributed by atoms with Gasteiger partial charge < -0.3 is 15.5 Å². The molecule has 2 aromatic carbocycles. The van der Waals surface area contributed by atoms with E-state index in [0.717, 1.165) is 44.3 Å². The smallest absolute Gasteiger partial charge is 0.263 e. The van der Waals surface area contributed by atoms with E-state index in [-0.39, 0.29) is 5.91 Å². The summed E-state index contributed by atoms with van der Waals surface area (Å²) in [5.74, 6) is -0.202. The Balaban J connectivity index is 1.32. The Labute approximate surface area is 182 Å². The third kappa shape index (κ3) is 3.43. The second-order valence-electron chi connectivity index (χ2n) is 7.49. The van der Waals surface area contributed by atoms with Gasteiger partial charge in [-0.15, -0.1) is 16.4 Å². The van der Waals surface area contributed by atoms with Gasteiger partial charge in [0.25, 0.3) is 5.91 Å². The number of rotatable bonds is 4. The highest BCUT2D eigenvalue weighted by Gasteiger charge is 2.19. The van der Waals surface area contributed by atoms with Crippen molar-refractivity contribution in [1.82, 2.24) is 15.5 Å². The summed E-state index contributed by atoms with van der Waals surface area (Å²) in [6.45, 7) is 4.25. The Kier molecular flexibility index (Phi) is 4.67. The summed E-state index contributed by atoms with van der Waals surface area (Å²) in [6.07, 6.45) is 1.69. The van der Waals surface area contributed by atoms with E-state index in [1.807, 2.05) is 44.2 Å². The topological polar surface area (TPSA) is 94.0 Å². The fourth-order valence-electron chi connectivity index (χ4n) is 3.63. The molecule has 3 heterocycles. The summed E-state index contributed by atoms with van der Waals surface area (Å²) in [4.78, 5) is 13.9. The van der Waals surface area contributed by atoms with Gasteiger partial charge in [-0.1, -0.05) is 30.3 Å². The van der Waals surface area contributed by atoms with Crippen molar-refractivity contribution in [2.45, 2.75) is 20.4 Å². The molecular formula is C24H20N4O2S. The molecule has 0 atom stereocenters. The lowest BCUT2D eigenvalue weighted by atomic mass is 10.0. The first-order valence-electron chi connectivity index (χ1n) is 9.88. The maximum atomic E-state index is 12.8. The zero-order valence-electron chi connectivity index (χ0n) is 17.1. The normalized spacial score (nSPS) is 11.3. The van der Waals surface area contributed by atoms with Crippen LogP contribution >= 0.6 is 11.3 Å². The zero-order chi connectivity index (χ0) is 21.5. The van der Waals surface area contributed by atoms with Gasteiger partial charge in [-0.05, 0) is 54.3 Å². The van der Waals surface area contributed by atoms with Crippen molar-refractivity contribution in [1.29, 1.82) is 0 Å². The minimum Gasteiger partial charge on any atom is -0.464 e. The van der Waals surface area contributed by atoms with Gasteiger partial charge in [-0.2, -0.15) is 5.10 Å². The number of thiophene rings is 1. The van der Waals surface area contributed by atoms with E-state index >= 15 is 0 Å². The van der Waals surface area contributed by atoms with Crippen molar-refractivity contribution >= 4 is 44.1 Å². The molecule has 0 unspecified atom stereocenters. The predicted molar refractivity (Wildman–Crippen MR) is 124 cm³/mol. The molecule has 0 bridgehead atoms. The lowest BCUT2D eigenvalue weighted by molar-refractivity contribution is 0.0956. The van der Waals surface area contributed by atoms with Crippen molar-refractivity contribution < 1.29 is 9.21 Å². The van der Waals surface area contributed by atoms with E-state index in [1.54, 1.807) is 6.26 Å². The largest absolute Gasteiger partial charge is 0.464 e. The van der Waals surface area contributed by atoms with Gasteiger partial charge in [0, 0.05) is 17.3 Å². The average molecular weight is 429 g/mol. The molecule has 0 saturated carbocycles. The monoisotopic (exact) mass is 428 g/mol. The second kappa shape index (κ2) is 7.52. The summed E-state index contributed by atoms with van der Waals surface area (Å²) < 4.78 is 5.40. The number of nitrogen functional groups attached to an aromatic ring is 1. The Bertz CT molecular complexity index is 1430. The summed E-state index contributed by atoms with van der Waals surface area (Å²) in [5, 5.41) is 13.2. The Morgan fingerprint density at radius 1 is 1.06 bits per heavy atom. The number of amides is 1. The number of carbonyl (C=O) groups excluding carboxylic acids is 1. The number of fused-ring (bicyclic) bond motifs is 2. The number of aryl methyl sites for hydroxylation is 2. The molecule has 3 aromatic heterocycles. The van der Waals surface area contributed by atoms with Crippen LogP contribution in [-0.2, 0) is 6.54 Å². The minimum absolute atomic E-state index is 0.202. The Hall–Kier alpha value is -3.71. The number of hydrogen-bond acceptors (Lipinski definition) is 6. The number of furan rings is 1. The first kappa shape index (κ1) is 19.3. The highest BCUT2D eigenvalue weighted by Crippen LogP contribution is 2.34. The van der Waals surface area contributed by atoms with Gasteiger partial charge in [0.05, 0.1) is 17.6 Å². The number of nitrogens with one attached hydrogen (secondary N) is 1. The highest BCUT2D eigenvalue weighted by molar-refractivity contribution is 7.21. The van der Waals surface area contributed by atoms with Crippen LogP contribution < -0.4 is 11.1 Å². The number of benzene rings is 2. The van der Waals surface area contributed by atoms with E-state index < -0.39 is 0 Å². The molecule has 0 aliphatic heterocycles. The predicted octanol–water partition coefficient (Wildman–Crippen LogP) is 5.23. The molecule has 154 valence electrons. The quantitative estimate of drug-likeness (QED) is 0.409. The van der Waals surface area contributed by atoms with Gasteiger partial charge in [0.1, 0.15) is 15.3 Å². The van der Waals surface area contributed by atoms with Crippen LogP contribution in [0.2, 0.25) is 0 Å². The van der Waals surface area contributed by atoms with Crippen molar-refractivity contribution in [2.75, 3.05) is 5.73 Å². The summed E-state index contributed by atoms with van der Waals surface area (Å²) >= 11 is 1.27. The molecule has 0 aliphatic rings. The van der Waals surface area contributed by atoms with E-state index in [2.05, 4.69) is 33.7 Å². The third-order valence-electron chi connectivity index (χ3n) is 5.53. The van der Waals surface area contributed by atoms with Crippen LogP contribution in [0.25, 0.3) is 32.3 Å². The molecule has 0 fully saturated rings. The SMILES string of the molecule is Cc1nnc2sc(C(=O)NCc3ccc(-c4ccc5occc5c4)cc3)c(N)c2c1C. The van der Waals surface area contributed by atoms with Gasteiger partial charge in [-0.25, -0.2) is 0 Å². The minimum atomic E-state index is -0.202. The van der Waals surface area contributed by atoms with Crippen LogP contribution in [0.15, 0.2) is 59.2 Å². The van der Waals surface area contributed by atoms with E-state index in [1.165, 1.54) is 11.3 Å². The van der Waals surface area contributed by atoms with E-state index in [0.29, 0.717) is 21.9 Å². The van der Waals surface area contributed by atoms with Crippen molar-refractivity contribution in [3.05, 3.63) is 76.5 Å². The number of hydrogen-bond donors (Lipinski definition) is 2. The summed E-state index contributed by atoms with van der Waals surface area (Å²) in [6, 6.07) is 16.2. The lowest BCUT2D eigenvalue weighted by Crippen LogP contribution is -2.22. The third-order valence-corrected chi connectivity index (χ3v) is 6.62. The number of carbonyl (C=O) groups is 1. The Morgan fingerprint density at radius 2 is 1.84 bits per heavy atom. The molecule has 31 heavy (non-hydrogen) atoms. The zero-order valence-corrected chi connectivity index (χ0v) is 17.9. The molecule has 6 nitrogen and oxygen atoms in total. The van der Waals surface area contributed by atoms with Gasteiger partial charge >= 0.3 is 0 Å². The molecule has 5 aromatic rings. The molecule has 3 N–H and O–H groups in total. The Morgan fingerprint density at radius 3 is 2.65 bits per heavy atom. The number of aromatic nitrogens is 2. The van der Waals surface area contributed by atoms with Crippen molar-refractivity contribution in [2.24, 2.45) is 0 Å². The molecular weight excluding hydrogens is 408 g/mol. The number of anilines is 1.